The van der Waals surface area contributed by atoms with Gasteiger partial charge < -0.3 is 0 Å². The van der Waals surface area contributed by atoms with Crippen molar-refractivity contribution in [1.29, 1.82) is 0 Å². The van der Waals surface area contributed by atoms with E-state index in [9.17, 15) is 0 Å². The molecule has 1 aromatic rings. The molecule has 0 amide bonds. The largest absolute Gasteiger partial charge is 0.289 e. The highest BCUT2D eigenvalue weighted by Gasteiger charge is 2.27. The Hall–Kier alpha value is -1.35. The van der Waals surface area contributed by atoms with Crippen LogP contribution in [0.2, 0.25) is 0 Å². The molecule has 0 N–H and O–H groups in total. The van der Waals surface area contributed by atoms with Gasteiger partial charge in [0, 0.05) is 6.54 Å². The van der Waals surface area contributed by atoms with Gasteiger partial charge in [0.25, 0.3) is 0 Å². The second-order valence-corrected chi connectivity index (χ2v) is 4.87. The molecule has 3 rings (SSSR count). The SMILES string of the molecule is CCN1N=CC2=CC=C(c3ccsc3)CC21. The zero-order valence-electron chi connectivity index (χ0n) is 9.26. The molecule has 0 spiro atoms. The number of thiophene rings is 1. The maximum Gasteiger partial charge on any atom is 0.0775 e. The summed E-state index contributed by atoms with van der Waals surface area (Å²) < 4.78 is 0. The van der Waals surface area contributed by atoms with Crippen LogP contribution < -0.4 is 0 Å². The summed E-state index contributed by atoms with van der Waals surface area (Å²) in [5.74, 6) is 0. The third kappa shape index (κ3) is 1.52. The minimum atomic E-state index is 0.463. The van der Waals surface area contributed by atoms with Crippen LogP contribution in [0.4, 0.5) is 0 Å². The van der Waals surface area contributed by atoms with Crippen LogP contribution in [0, 0.1) is 0 Å². The maximum absolute atomic E-state index is 4.42. The highest BCUT2D eigenvalue weighted by atomic mass is 32.1. The van der Waals surface area contributed by atoms with Gasteiger partial charge in [-0.3, -0.25) is 5.01 Å². The Bertz CT molecular complexity index is 468. The first-order chi connectivity index (χ1) is 7.88. The quantitative estimate of drug-likeness (QED) is 0.762. The van der Waals surface area contributed by atoms with E-state index >= 15 is 0 Å². The van der Waals surface area contributed by atoms with Crippen molar-refractivity contribution in [3.8, 4) is 0 Å². The Balaban J connectivity index is 1.90. The van der Waals surface area contributed by atoms with Crippen molar-refractivity contribution in [3.05, 3.63) is 40.1 Å². The zero-order valence-corrected chi connectivity index (χ0v) is 10.1. The molecule has 1 atom stereocenters. The van der Waals surface area contributed by atoms with Gasteiger partial charge in [-0.05, 0) is 46.9 Å². The van der Waals surface area contributed by atoms with Crippen molar-refractivity contribution in [2.45, 2.75) is 19.4 Å². The molecule has 2 heterocycles. The Morgan fingerprint density at radius 2 is 2.44 bits per heavy atom. The maximum atomic E-state index is 4.42. The smallest absolute Gasteiger partial charge is 0.0775 e. The molecule has 0 saturated heterocycles. The fourth-order valence-corrected chi connectivity index (χ4v) is 2.97. The summed E-state index contributed by atoms with van der Waals surface area (Å²) in [6, 6.07) is 2.66. The highest BCUT2D eigenvalue weighted by Crippen LogP contribution is 2.32. The number of hydrogen-bond donors (Lipinski definition) is 0. The number of likely N-dealkylation sites (N-methyl/N-ethyl adjacent to an activating group) is 1. The van der Waals surface area contributed by atoms with E-state index in [1.807, 2.05) is 6.21 Å². The fourth-order valence-electron chi connectivity index (χ4n) is 2.29. The summed E-state index contributed by atoms with van der Waals surface area (Å²) in [6.07, 6.45) is 7.52. The van der Waals surface area contributed by atoms with Crippen LogP contribution >= 0.6 is 11.3 Å². The molecule has 16 heavy (non-hydrogen) atoms. The van der Waals surface area contributed by atoms with E-state index in [2.05, 4.69) is 46.0 Å². The van der Waals surface area contributed by atoms with Crippen LogP contribution in [-0.2, 0) is 0 Å². The molecule has 2 nitrogen and oxygen atoms in total. The molecule has 82 valence electrons. The van der Waals surface area contributed by atoms with Crippen LogP contribution in [0.3, 0.4) is 0 Å². The number of nitrogens with zero attached hydrogens (tertiary/aromatic N) is 2. The summed E-state index contributed by atoms with van der Waals surface area (Å²) >= 11 is 1.76. The first kappa shape index (κ1) is 9.85. The molecule has 1 aliphatic heterocycles. The van der Waals surface area contributed by atoms with E-state index in [1.54, 1.807) is 11.3 Å². The average Bonchev–Trinajstić information content (AvgIpc) is 2.97. The summed E-state index contributed by atoms with van der Waals surface area (Å²) in [7, 11) is 0. The number of rotatable bonds is 2. The van der Waals surface area contributed by atoms with Gasteiger partial charge in [0.05, 0.1) is 12.3 Å². The first-order valence-electron chi connectivity index (χ1n) is 5.62. The van der Waals surface area contributed by atoms with E-state index in [-0.39, 0.29) is 0 Å². The standard InChI is InChI=1S/C13H14N2S/c1-2-15-13-7-10(12-5-6-16-9-12)3-4-11(13)8-14-15/h3-6,8-9,13H,2,7H2,1H3. The van der Waals surface area contributed by atoms with E-state index in [1.165, 1.54) is 16.7 Å². The van der Waals surface area contributed by atoms with Gasteiger partial charge in [-0.2, -0.15) is 16.4 Å². The first-order valence-corrected chi connectivity index (χ1v) is 6.56. The molecule has 1 aliphatic carbocycles. The third-order valence-corrected chi connectivity index (χ3v) is 3.89. The topological polar surface area (TPSA) is 15.6 Å². The Kier molecular flexibility index (Phi) is 2.40. The van der Waals surface area contributed by atoms with Crippen LogP contribution in [0.15, 0.2) is 39.7 Å². The summed E-state index contributed by atoms with van der Waals surface area (Å²) in [4.78, 5) is 0. The van der Waals surface area contributed by atoms with Gasteiger partial charge in [-0.15, -0.1) is 0 Å². The van der Waals surface area contributed by atoms with Gasteiger partial charge in [0.2, 0.25) is 0 Å². The molecule has 3 heteroatoms. The number of allylic oxidation sites excluding steroid dienone is 2. The molecule has 2 aliphatic rings. The Morgan fingerprint density at radius 1 is 1.50 bits per heavy atom. The van der Waals surface area contributed by atoms with Crippen molar-refractivity contribution in [2.24, 2.45) is 5.10 Å². The summed E-state index contributed by atoms with van der Waals surface area (Å²) in [6.45, 7) is 3.14. The van der Waals surface area contributed by atoms with Crippen molar-refractivity contribution in [3.63, 3.8) is 0 Å². The minimum absolute atomic E-state index is 0.463. The van der Waals surface area contributed by atoms with Crippen molar-refractivity contribution in [1.82, 2.24) is 5.01 Å². The third-order valence-electron chi connectivity index (χ3n) is 3.21. The lowest BCUT2D eigenvalue weighted by Crippen LogP contribution is -2.29. The Labute approximate surface area is 99.6 Å². The predicted octanol–water partition coefficient (Wildman–Crippen LogP) is 3.15. The van der Waals surface area contributed by atoms with Gasteiger partial charge in [-0.1, -0.05) is 12.2 Å². The normalized spacial score (nSPS) is 23.1. The molecule has 0 bridgehead atoms. The zero-order chi connectivity index (χ0) is 11.0. The van der Waals surface area contributed by atoms with Crippen LogP contribution in [-0.4, -0.2) is 23.8 Å². The van der Waals surface area contributed by atoms with Crippen LogP contribution in [0.5, 0.6) is 0 Å². The van der Waals surface area contributed by atoms with Gasteiger partial charge >= 0.3 is 0 Å². The molecule has 0 aromatic carbocycles. The molecule has 0 radical (unpaired) electrons. The number of hydrogen-bond acceptors (Lipinski definition) is 3. The molecular formula is C13H14N2S. The molecule has 0 saturated carbocycles. The minimum Gasteiger partial charge on any atom is -0.289 e. The van der Waals surface area contributed by atoms with E-state index in [0.717, 1.165) is 13.0 Å². The number of hydrazone groups is 1. The van der Waals surface area contributed by atoms with Crippen molar-refractivity contribution >= 4 is 23.1 Å². The van der Waals surface area contributed by atoms with Gasteiger partial charge in [0.1, 0.15) is 0 Å². The fraction of sp³-hybridized carbons (Fsp3) is 0.308. The van der Waals surface area contributed by atoms with E-state index < -0.39 is 0 Å². The van der Waals surface area contributed by atoms with E-state index in [4.69, 9.17) is 0 Å². The Morgan fingerprint density at radius 3 is 3.19 bits per heavy atom. The van der Waals surface area contributed by atoms with Crippen molar-refractivity contribution < 1.29 is 0 Å². The molecule has 1 aromatic heterocycles. The predicted molar refractivity (Wildman–Crippen MR) is 69.7 cm³/mol. The molecule has 0 fully saturated rings. The van der Waals surface area contributed by atoms with Crippen LogP contribution in [0.25, 0.3) is 5.57 Å². The van der Waals surface area contributed by atoms with Gasteiger partial charge in [-0.25, -0.2) is 0 Å². The second-order valence-electron chi connectivity index (χ2n) is 4.09. The van der Waals surface area contributed by atoms with Gasteiger partial charge in [0.15, 0.2) is 0 Å². The monoisotopic (exact) mass is 230 g/mol. The molecular weight excluding hydrogens is 216 g/mol. The van der Waals surface area contributed by atoms with E-state index in [0.29, 0.717) is 6.04 Å². The highest BCUT2D eigenvalue weighted by molar-refractivity contribution is 7.08. The molecule has 1 unspecified atom stereocenters. The lowest BCUT2D eigenvalue weighted by Gasteiger charge is -2.26. The lowest BCUT2D eigenvalue weighted by atomic mass is 9.91. The van der Waals surface area contributed by atoms with Crippen LogP contribution in [0.1, 0.15) is 18.9 Å². The average molecular weight is 230 g/mol. The lowest BCUT2D eigenvalue weighted by molar-refractivity contribution is 0.267. The summed E-state index contributed by atoms with van der Waals surface area (Å²) in [5.41, 5.74) is 4.14. The van der Waals surface area contributed by atoms with Crippen molar-refractivity contribution in [2.75, 3.05) is 6.54 Å². The summed E-state index contributed by atoms with van der Waals surface area (Å²) in [5, 5.41) is 11.0. The number of fused-ring (bicyclic) bond motifs is 1. The second kappa shape index (κ2) is 3.91.